The minimum Gasteiger partial charge on any atom is -0.372 e. The molecule has 1 saturated heterocycles. The van der Waals surface area contributed by atoms with Gasteiger partial charge in [-0.25, -0.2) is 4.68 Å². The lowest BCUT2D eigenvalue weighted by atomic mass is 10.0. The topological polar surface area (TPSA) is 93.3 Å². The second kappa shape index (κ2) is 10.3. The van der Waals surface area contributed by atoms with E-state index in [-0.39, 0.29) is 28.3 Å². The van der Waals surface area contributed by atoms with Crippen LogP contribution in [-0.2, 0) is 6.18 Å². The quantitative estimate of drug-likeness (QED) is 0.300. The number of rotatable bonds is 6. The van der Waals surface area contributed by atoms with Crippen LogP contribution in [0.2, 0.25) is 5.02 Å². The Morgan fingerprint density at radius 3 is 2.47 bits per heavy atom. The number of anilines is 2. The summed E-state index contributed by atoms with van der Waals surface area (Å²) in [6, 6.07) is 9.93. The lowest BCUT2D eigenvalue weighted by molar-refractivity contribution is -0.137. The van der Waals surface area contributed by atoms with Gasteiger partial charge in [-0.15, -0.1) is 0 Å². The highest BCUT2D eigenvalue weighted by molar-refractivity contribution is 6.31. The van der Waals surface area contributed by atoms with E-state index in [0.717, 1.165) is 50.2 Å². The van der Waals surface area contributed by atoms with Crippen LogP contribution < -0.4 is 10.2 Å². The van der Waals surface area contributed by atoms with Gasteiger partial charge >= 0.3 is 6.18 Å². The van der Waals surface area contributed by atoms with Crippen LogP contribution in [-0.4, -0.2) is 39.7 Å². The molecule has 1 aliphatic heterocycles. The Balaban J connectivity index is 1.49. The lowest BCUT2D eigenvalue weighted by Crippen LogP contribution is -2.29. The van der Waals surface area contributed by atoms with Crippen LogP contribution in [0.5, 0.6) is 0 Å². The van der Waals surface area contributed by atoms with Crippen molar-refractivity contribution in [1.82, 2.24) is 14.9 Å². The highest BCUT2D eigenvalue weighted by atomic mass is 35.5. The molecule has 0 aliphatic carbocycles. The number of piperidine rings is 1. The van der Waals surface area contributed by atoms with E-state index in [1.54, 1.807) is 12.1 Å². The molecule has 0 radical (unpaired) electrons. The summed E-state index contributed by atoms with van der Waals surface area (Å²) in [4.78, 5) is 28.4. The standard InChI is InChI=1S/C26H21ClF3N5O3/c27-21-6-4-18(13-20(21)26(28,29)30)35-15-16(14-31-35)24(36)19-12-17(34-10-2-1-3-11-34)5-7-22(19)33-25(37)23-8-9-32-38-23/h4-9,12-15H,1-3,10-11H2,(H,33,37). The molecule has 196 valence electrons. The van der Waals surface area contributed by atoms with Crippen LogP contribution in [0.1, 0.15) is 51.3 Å². The molecule has 8 nitrogen and oxygen atoms in total. The Morgan fingerprint density at radius 1 is 1.00 bits per heavy atom. The molecule has 0 saturated carbocycles. The number of hydrogen-bond acceptors (Lipinski definition) is 6. The van der Waals surface area contributed by atoms with E-state index in [9.17, 15) is 22.8 Å². The smallest absolute Gasteiger partial charge is 0.372 e. The number of carbonyl (C=O) groups is 2. The second-order valence-corrected chi connectivity index (χ2v) is 9.18. The first-order valence-electron chi connectivity index (χ1n) is 11.8. The van der Waals surface area contributed by atoms with Gasteiger partial charge in [-0.1, -0.05) is 16.8 Å². The molecule has 0 atom stereocenters. The Morgan fingerprint density at radius 2 is 1.76 bits per heavy atom. The molecule has 38 heavy (non-hydrogen) atoms. The summed E-state index contributed by atoms with van der Waals surface area (Å²) in [6.45, 7) is 1.68. The highest BCUT2D eigenvalue weighted by Crippen LogP contribution is 2.36. The first kappa shape index (κ1) is 25.5. The van der Waals surface area contributed by atoms with E-state index in [1.807, 2.05) is 6.07 Å². The minimum absolute atomic E-state index is 0.0282. The van der Waals surface area contributed by atoms with Crippen LogP contribution in [0.25, 0.3) is 5.69 Å². The molecule has 3 heterocycles. The molecule has 2 aromatic heterocycles. The summed E-state index contributed by atoms with van der Waals surface area (Å²) in [7, 11) is 0. The summed E-state index contributed by atoms with van der Waals surface area (Å²) < 4.78 is 46.0. The number of nitrogens with one attached hydrogen (secondary N) is 1. The number of alkyl halides is 3. The fourth-order valence-corrected chi connectivity index (χ4v) is 4.53. The van der Waals surface area contributed by atoms with E-state index in [1.165, 1.54) is 35.4 Å². The third-order valence-electron chi connectivity index (χ3n) is 6.24. The van der Waals surface area contributed by atoms with Crippen LogP contribution >= 0.6 is 11.6 Å². The number of halogens is 4. The largest absolute Gasteiger partial charge is 0.417 e. The van der Waals surface area contributed by atoms with E-state index in [4.69, 9.17) is 16.1 Å². The van der Waals surface area contributed by atoms with Crippen molar-refractivity contribution in [2.75, 3.05) is 23.3 Å². The van der Waals surface area contributed by atoms with Crippen LogP contribution in [0, 0.1) is 0 Å². The van der Waals surface area contributed by atoms with Crippen molar-refractivity contribution >= 4 is 34.7 Å². The summed E-state index contributed by atoms with van der Waals surface area (Å²) in [5.41, 5.74) is 0.474. The number of carbonyl (C=O) groups excluding carboxylic acids is 2. The molecule has 1 aliphatic rings. The molecule has 0 unspecified atom stereocenters. The number of benzene rings is 2. The van der Waals surface area contributed by atoms with Crippen molar-refractivity contribution in [2.24, 2.45) is 0 Å². The van der Waals surface area contributed by atoms with Gasteiger partial charge in [0, 0.05) is 36.6 Å². The highest BCUT2D eigenvalue weighted by Gasteiger charge is 2.33. The van der Waals surface area contributed by atoms with Crippen LogP contribution in [0.4, 0.5) is 24.5 Å². The van der Waals surface area contributed by atoms with Crippen molar-refractivity contribution in [3.05, 3.63) is 88.5 Å². The first-order valence-corrected chi connectivity index (χ1v) is 12.2. The zero-order chi connectivity index (χ0) is 26.9. The molecule has 4 aromatic rings. The SMILES string of the molecule is O=C(Nc1ccc(N2CCCCC2)cc1C(=O)c1cnn(-c2ccc(Cl)c(C(F)(F)F)c2)c1)c1ccno1. The first-order chi connectivity index (χ1) is 18.2. The Kier molecular flexibility index (Phi) is 6.94. The van der Waals surface area contributed by atoms with E-state index < -0.39 is 28.5 Å². The maximum Gasteiger partial charge on any atom is 0.417 e. The van der Waals surface area contributed by atoms with Crippen molar-refractivity contribution in [1.29, 1.82) is 0 Å². The van der Waals surface area contributed by atoms with Gasteiger partial charge in [0.25, 0.3) is 5.91 Å². The van der Waals surface area contributed by atoms with Crippen LogP contribution in [0.15, 0.2) is 65.6 Å². The number of hydrogen-bond donors (Lipinski definition) is 1. The van der Waals surface area contributed by atoms with Gasteiger partial charge in [-0.2, -0.15) is 18.3 Å². The normalized spacial score (nSPS) is 13.9. The maximum atomic E-state index is 13.6. The summed E-state index contributed by atoms with van der Waals surface area (Å²) in [5, 5.41) is 9.86. The zero-order valence-corrected chi connectivity index (χ0v) is 20.6. The van der Waals surface area contributed by atoms with E-state index in [2.05, 4.69) is 20.5 Å². The minimum atomic E-state index is -4.65. The molecule has 1 amide bonds. The second-order valence-electron chi connectivity index (χ2n) is 8.77. The predicted octanol–water partition coefficient (Wildman–Crippen LogP) is 6.01. The van der Waals surface area contributed by atoms with Crippen molar-refractivity contribution < 1.29 is 27.3 Å². The van der Waals surface area contributed by atoms with Gasteiger partial charge in [0.15, 0.2) is 5.78 Å². The van der Waals surface area contributed by atoms with Gasteiger partial charge in [0.1, 0.15) is 0 Å². The summed E-state index contributed by atoms with van der Waals surface area (Å²) in [6.07, 6.45) is 2.47. The van der Waals surface area contributed by atoms with Gasteiger partial charge in [-0.3, -0.25) is 9.59 Å². The summed E-state index contributed by atoms with van der Waals surface area (Å²) in [5.74, 6) is -1.08. The number of ketones is 1. The van der Waals surface area contributed by atoms with Gasteiger partial charge < -0.3 is 14.7 Å². The fourth-order valence-electron chi connectivity index (χ4n) is 4.30. The molecule has 2 aromatic carbocycles. The van der Waals surface area contributed by atoms with E-state index >= 15 is 0 Å². The Bertz CT molecular complexity index is 1480. The fraction of sp³-hybridized carbons (Fsp3) is 0.231. The van der Waals surface area contributed by atoms with Gasteiger partial charge in [-0.05, 0) is 55.7 Å². The molecule has 1 fully saturated rings. The third-order valence-corrected chi connectivity index (χ3v) is 6.57. The van der Waals surface area contributed by atoms with Gasteiger partial charge in [0.2, 0.25) is 5.76 Å². The molecule has 0 spiro atoms. The van der Waals surface area contributed by atoms with Crippen molar-refractivity contribution in [3.63, 3.8) is 0 Å². The number of amides is 1. The van der Waals surface area contributed by atoms with Gasteiger partial charge in [0.05, 0.1) is 39.9 Å². The van der Waals surface area contributed by atoms with Crippen molar-refractivity contribution in [3.8, 4) is 5.69 Å². The molecule has 5 rings (SSSR count). The average molecular weight is 544 g/mol. The zero-order valence-electron chi connectivity index (χ0n) is 19.8. The molecule has 12 heteroatoms. The third kappa shape index (κ3) is 5.28. The average Bonchev–Trinajstić information content (AvgIpc) is 3.62. The number of aromatic nitrogens is 3. The summed E-state index contributed by atoms with van der Waals surface area (Å²) >= 11 is 5.73. The van der Waals surface area contributed by atoms with Crippen molar-refractivity contribution in [2.45, 2.75) is 25.4 Å². The maximum absolute atomic E-state index is 13.6. The number of nitrogens with zero attached hydrogens (tertiary/aromatic N) is 4. The predicted molar refractivity (Wildman–Crippen MR) is 134 cm³/mol. The molecular formula is C26H21ClF3N5O3. The van der Waals surface area contributed by atoms with E-state index in [0.29, 0.717) is 0 Å². The monoisotopic (exact) mass is 543 g/mol. The molecule has 1 N–H and O–H groups in total. The Labute approximate surface area is 220 Å². The van der Waals surface area contributed by atoms with Crippen LogP contribution in [0.3, 0.4) is 0 Å². The molecule has 0 bridgehead atoms. The Hall–Kier alpha value is -4.12. The molecular weight excluding hydrogens is 523 g/mol. The lowest BCUT2D eigenvalue weighted by Gasteiger charge is -2.29.